The zero-order valence-electron chi connectivity index (χ0n) is 13.2. The van der Waals surface area contributed by atoms with E-state index in [9.17, 15) is 4.79 Å². The summed E-state index contributed by atoms with van der Waals surface area (Å²) in [5, 5.41) is 3.39. The first-order valence-corrected chi connectivity index (χ1v) is 8.48. The highest BCUT2D eigenvalue weighted by atomic mass is 35.5. The number of halogens is 2. The largest absolute Gasteiger partial charge is 0.396 e. The molecule has 0 fully saturated rings. The highest BCUT2D eigenvalue weighted by Gasteiger charge is 2.07. The van der Waals surface area contributed by atoms with E-state index in [0.29, 0.717) is 47.5 Å². The summed E-state index contributed by atoms with van der Waals surface area (Å²) in [6.45, 7) is 1.19. The normalized spacial score (nSPS) is 10.6. The molecule has 3 N–H and O–H groups in total. The minimum absolute atomic E-state index is 0.112. The average Bonchev–Trinajstić information content (AvgIpc) is 2.56. The van der Waals surface area contributed by atoms with Crippen molar-refractivity contribution >= 4 is 40.5 Å². The molecule has 0 saturated carbocycles. The van der Waals surface area contributed by atoms with Crippen LogP contribution >= 0.6 is 23.2 Å². The van der Waals surface area contributed by atoms with E-state index >= 15 is 0 Å². The van der Waals surface area contributed by atoms with Crippen molar-refractivity contribution in [2.45, 2.75) is 19.3 Å². The van der Waals surface area contributed by atoms with Crippen LogP contribution in [0.4, 0.5) is 11.4 Å². The van der Waals surface area contributed by atoms with Gasteiger partial charge in [0.25, 0.3) is 0 Å². The number of benzene rings is 2. The lowest BCUT2D eigenvalue weighted by Crippen LogP contribution is -2.12. The van der Waals surface area contributed by atoms with Gasteiger partial charge in [0.05, 0.1) is 22.3 Å². The van der Waals surface area contributed by atoms with Crippen LogP contribution in [-0.4, -0.2) is 19.1 Å². The van der Waals surface area contributed by atoms with Crippen LogP contribution in [0, 0.1) is 0 Å². The molecular formula is C18H20Cl2N2O2. The van der Waals surface area contributed by atoms with Crippen LogP contribution in [0.5, 0.6) is 0 Å². The Morgan fingerprint density at radius 3 is 2.42 bits per heavy atom. The van der Waals surface area contributed by atoms with E-state index < -0.39 is 0 Å². The quantitative estimate of drug-likeness (QED) is 0.531. The Morgan fingerprint density at radius 2 is 1.75 bits per heavy atom. The third kappa shape index (κ3) is 6.04. The number of nitrogen functional groups attached to an aromatic ring is 1. The first-order valence-electron chi connectivity index (χ1n) is 7.72. The Labute approximate surface area is 151 Å². The molecule has 0 unspecified atom stereocenters. The molecule has 0 bridgehead atoms. The van der Waals surface area contributed by atoms with Crippen molar-refractivity contribution in [3.05, 3.63) is 58.1 Å². The summed E-state index contributed by atoms with van der Waals surface area (Å²) in [5.41, 5.74) is 7.74. The first-order chi connectivity index (χ1) is 11.6. The van der Waals surface area contributed by atoms with Crippen LogP contribution in [0.3, 0.4) is 0 Å². The van der Waals surface area contributed by atoms with E-state index in [1.807, 2.05) is 18.2 Å². The molecular weight excluding hydrogens is 347 g/mol. The van der Waals surface area contributed by atoms with Crippen molar-refractivity contribution in [2.24, 2.45) is 0 Å². The molecule has 6 heteroatoms. The summed E-state index contributed by atoms with van der Waals surface area (Å²) in [6.07, 6.45) is 1.89. The SMILES string of the molecule is Nc1c(Cl)cc(NC(=O)CCCOCCc2ccccc2)cc1Cl. The van der Waals surface area contributed by atoms with Crippen LogP contribution in [0.25, 0.3) is 0 Å². The molecule has 128 valence electrons. The summed E-state index contributed by atoms with van der Waals surface area (Å²) in [4.78, 5) is 11.9. The summed E-state index contributed by atoms with van der Waals surface area (Å²) >= 11 is 11.9. The summed E-state index contributed by atoms with van der Waals surface area (Å²) in [6, 6.07) is 13.3. The molecule has 0 aliphatic heterocycles. The molecule has 2 rings (SSSR count). The van der Waals surface area contributed by atoms with E-state index in [1.54, 1.807) is 12.1 Å². The first kappa shape index (κ1) is 18.6. The maximum atomic E-state index is 11.9. The standard InChI is InChI=1S/C18H20Cl2N2O2/c19-15-11-14(12-16(20)18(15)21)22-17(23)7-4-9-24-10-8-13-5-2-1-3-6-13/h1-3,5-6,11-12H,4,7-10,21H2,(H,22,23). The second-order valence-corrected chi connectivity index (χ2v) is 6.17. The highest BCUT2D eigenvalue weighted by molar-refractivity contribution is 6.39. The third-order valence-electron chi connectivity index (χ3n) is 3.43. The van der Waals surface area contributed by atoms with E-state index in [1.165, 1.54) is 5.56 Å². The Bertz CT molecular complexity index is 655. The van der Waals surface area contributed by atoms with Gasteiger partial charge < -0.3 is 15.8 Å². The minimum Gasteiger partial charge on any atom is -0.396 e. The fourth-order valence-corrected chi connectivity index (χ4v) is 2.64. The zero-order chi connectivity index (χ0) is 17.4. The smallest absolute Gasteiger partial charge is 0.224 e. The van der Waals surface area contributed by atoms with Crippen LogP contribution in [0.1, 0.15) is 18.4 Å². The van der Waals surface area contributed by atoms with Gasteiger partial charge in [-0.2, -0.15) is 0 Å². The van der Waals surface area contributed by atoms with Gasteiger partial charge in [0, 0.05) is 18.7 Å². The average molecular weight is 367 g/mol. The lowest BCUT2D eigenvalue weighted by atomic mass is 10.2. The Hall–Kier alpha value is -1.75. The number of carbonyl (C=O) groups excluding carboxylic acids is 1. The summed E-state index contributed by atoms with van der Waals surface area (Å²) < 4.78 is 5.55. The molecule has 0 aliphatic rings. The zero-order valence-corrected chi connectivity index (χ0v) is 14.7. The molecule has 0 aliphatic carbocycles. The Balaban J connectivity index is 1.63. The number of carbonyl (C=O) groups is 1. The Kier molecular flexibility index (Phi) is 7.37. The molecule has 0 heterocycles. The van der Waals surface area contributed by atoms with Crippen LogP contribution in [0.2, 0.25) is 10.0 Å². The van der Waals surface area contributed by atoms with Crippen molar-refractivity contribution < 1.29 is 9.53 Å². The predicted molar refractivity (Wildman–Crippen MR) is 99.7 cm³/mol. The van der Waals surface area contributed by atoms with E-state index in [2.05, 4.69) is 17.4 Å². The monoisotopic (exact) mass is 366 g/mol. The molecule has 0 radical (unpaired) electrons. The number of nitrogens with one attached hydrogen (secondary N) is 1. The van der Waals surface area contributed by atoms with Gasteiger partial charge in [-0.25, -0.2) is 0 Å². The maximum Gasteiger partial charge on any atom is 0.224 e. The lowest BCUT2D eigenvalue weighted by Gasteiger charge is -2.09. The van der Waals surface area contributed by atoms with Gasteiger partial charge in [0.2, 0.25) is 5.91 Å². The number of anilines is 2. The molecule has 1 amide bonds. The number of rotatable bonds is 8. The fraction of sp³-hybridized carbons (Fsp3) is 0.278. The van der Waals surface area contributed by atoms with Crippen LogP contribution in [0.15, 0.2) is 42.5 Å². The van der Waals surface area contributed by atoms with Gasteiger partial charge in [0.1, 0.15) is 0 Å². The van der Waals surface area contributed by atoms with Crippen LogP contribution in [-0.2, 0) is 16.0 Å². The van der Waals surface area contributed by atoms with Gasteiger partial charge in [-0.3, -0.25) is 4.79 Å². The number of nitrogens with two attached hydrogens (primary N) is 1. The van der Waals surface area contributed by atoms with E-state index in [0.717, 1.165) is 6.42 Å². The molecule has 2 aromatic carbocycles. The van der Waals surface area contributed by atoms with Crippen molar-refractivity contribution in [1.29, 1.82) is 0 Å². The second kappa shape index (κ2) is 9.52. The molecule has 2 aromatic rings. The number of hydrogen-bond donors (Lipinski definition) is 2. The van der Waals surface area contributed by atoms with Crippen molar-refractivity contribution in [2.75, 3.05) is 24.3 Å². The predicted octanol–water partition coefficient (Wildman–Crippen LogP) is 4.55. The maximum absolute atomic E-state index is 11.9. The van der Waals surface area contributed by atoms with Gasteiger partial charge in [0.15, 0.2) is 0 Å². The number of hydrogen-bond acceptors (Lipinski definition) is 3. The minimum atomic E-state index is -0.112. The molecule has 0 saturated heterocycles. The summed E-state index contributed by atoms with van der Waals surface area (Å²) in [5.74, 6) is -0.112. The number of amides is 1. The molecule has 0 atom stereocenters. The fourth-order valence-electron chi connectivity index (χ4n) is 2.15. The van der Waals surface area contributed by atoms with Crippen LogP contribution < -0.4 is 11.1 Å². The van der Waals surface area contributed by atoms with Crippen molar-refractivity contribution in [1.82, 2.24) is 0 Å². The van der Waals surface area contributed by atoms with Gasteiger partial charge in [-0.1, -0.05) is 53.5 Å². The van der Waals surface area contributed by atoms with Gasteiger partial charge >= 0.3 is 0 Å². The highest BCUT2D eigenvalue weighted by Crippen LogP contribution is 2.31. The van der Waals surface area contributed by atoms with E-state index in [-0.39, 0.29) is 5.91 Å². The van der Waals surface area contributed by atoms with Crippen molar-refractivity contribution in [3.63, 3.8) is 0 Å². The molecule has 4 nitrogen and oxygen atoms in total. The second-order valence-electron chi connectivity index (χ2n) is 5.35. The summed E-state index contributed by atoms with van der Waals surface area (Å²) in [7, 11) is 0. The van der Waals surface area contributed by atoms with Crippen molar-refractivity contribution in [3.8, 4) is 0 Å². The molecule has 24 heavy (non-hydrogen) atoms. The molecule has 0 spiro atoms. The van der Waals surface area contributed by atoms with E-state index in [4.69, 9.17) is 33.7 Å². The topological polar surface area (TPSA) is 64.3 Å². The number of ether oxygens (including phenoxy) is 1. The van der Waals surface area contributed by atoms with Gasteiger partial charge in [-0.05, 0) is 30.5 Å². The molecule has 0 aromatic heterocycles. The van der Waals surface area contributed by atoms with Gasteiger partial charge in [-0.15, -0.1) is 0 Å². The third-order valence-corrected chi connectivity index (χ3v) is 4.06. The lowest BCUT2D eigenvalue weighted by molar-refractivity contribution is -0.116. The Morgan fingerprint density at radius 1 is 1.08 bits per heavy atom.